The van der Waals surface area contributed by atoms with Gasteiger partial charge in [0.25, 0.3) is 0 Å². The molecule has 4 saturated carbocycles. The molecule has 0 bridgehead atoms. The van der Waals surface area contributed by atoms with Crippen molar-refractivity contribution in [3.8, 4) is 0 Å². The van der Waals surface area contributed by atoms with Gasteiger partial charge >= 0.3 is 0 Å². The number of fused-ring (bicyclic) bond motifs is 3. The van der Waals surface area contributed by atoms with E-state index < -0.39 is 0 Å². The average molecular weight is 289 g/mol. The van der Waals surface area contributed by atoms with Crippen LogP contribution in [0.4, 0.5) is 0 Å². The lowest BCUT2D eigenvalue weighted by atomic mass is 9.33. The Morgan fingerprint density at radius 2 is 1.48 bits per heavy atom. The highest BCUT2D eigenvalue weighted by Crippen LogP contribution is 2.85. The Hall–Kier alpha value is 0. The van der Waals surface area contributed by atoms with E-state index >= 15 is 0 Å². The van der Waals surface area contributed by atoms with Crippen LogP contribution in [-0.4, -0.2) is 0 Å². The molecule has 7 atom stereocenters. The van der Waals surface area contributed by atoms with Crippen LogP contribution >= 0.6 is 0 Å². The highest BCUT2D eigenvalue weighted by Gasteiger charge is 2.78. The average Bonchev–Trinajstić information content (AvgIpc) is 2.77. The van der Waals surface area contributed by atoms with E-state index in [0.717, 1.165) is 17.8 Å². The van der Waals surface area contributed by atoms with E-state index in [1.165, 1.54) is 32.1 Å². The normalized spacial score (nSPS) is 64.4. The Bertz CT molecular complexity index is 490. The van der Waals surface area contributed by atoms with Crippen LogP contribution in [0.1, 0.15) is 87.0 Å². The van der Waals surface area contributed by atoms with E-state index in [2.05, 4.69) is 48.5 Å². The first-order valence-corrected chi connectivity index (χ1v) is 9.54. The van der Waals surface area contributed by atoms with Crippen molar-refractivity contribution in [3.05, 3.63) is 0 Å². The van der Waals surface area contributed by atoms with Gasteiger partial charge in [-0.2, -0.15) is 0 Å². The minimum absolute atomic E-state index is 0.545. The molecule has 0 aromatic heterocycles. The summed E-state index contributed by atoms with van der Waals surface area (Å²) in [5.74, 6) is 3.03. The summed E-state index contributed by atoms with van der Waals surface area (Å²) in [6.07, 6.45) is 8.95. The summed E-state index contributed by atoms with van der Waals surface area (Å²) in [5, 5.41) is 0. The van der Waals surface area contributed by atoms with Crippen molar-refractivity contribution in [1.29, 1.82) is 0 Å². The van der Waals surface area contributed by atoms with E-state index in [1.807, 2.05) is 0 Å². The third kappa shape index (κ3) is 1.18. The first-order valence-electron chi connectivity index (χ1n) is 9.54. The summed E-state index contributed by atoms with van der Waals surface area (Å²) in [4.78, 5) is 0. The molecule has 21 heavy (non-hydrogen) atoms. The Morgan fingerprint density at radius 3 is 1.95 bits per heavy atom. The first-order chi connectivity index (χ1) is 9.54. The Morgan fingerprint density at radius 1 is 0.810 bits per heavy atom. The molecule has 0 aliphatic heterocycles. The zero-order chi connectivity index (χ0) is 15.5. The summed E-state index contributed by atoms with van der Waals surface area (Å²) in [6.45, 7) is 18.4. The second-order valence-corrected chi connectivity index (χ2v) is 10.9. The molecule has 0 nitrogen and oxygen atoms in total. The first kappa shape index (κ1) is 14.6. The minimum atomic E-state index is 0.545. The predicted octanol–water partition coefficient (Wildman–Crippen LogP) is 6.30. The molecule has 0 radical (unpaired) electrons. The SMILES string of the molecule is CC1CC2(C)C1CC1CCC(C)(C3(C)CCC3(C)C)C12C. The van der Waals surface area contributed by atoms with Crippen LogP contribution in [0, 0.1) is 44.8 Å². The van der Waals surface area contributed by atoms with Crippen LogP contribution in [0.25, 0.3) is 0 Å². The number of hydrogen-bond donors (Lipinski definition) is 0. The van der Waals surface area contributed by atoms with Crippen LogP contribution in [0.3, 0.4) is 0 Å². The molecule has 0 N–H and O–H groups in total. The zero-order valence-electron chi connectivity index (χ0n) is 15.5. The molecular formula is C21H36. The van der Waals surface area contributed by atoms with Gasteiger partial charge in [0.05, 0.1) is 0 Å². The third-order valence-electron chi connectivity index (χ3n) is 10.9. The molecular weight excluding hydrogens is 252 g/mol. The van der Waals surface area contributed by atoms with E-state index in [4.69, 9.17) is 0 Å². The standard InChI is InChI=1S/C21H36/c1-14-13-18(4)16(14)12-15-8-9-20(6,21(15,18)7)19(5)11-10-17(19,2)3/h14-16H,8-13H2,1-7H3. The monoisotopic (exact) mass is 288 g/mol. The van der Waals surface area contributed by atoms with Gasteiger partial charge in [-0.15, -0.1) is 0 Å². The smallest absolute Gasteiger partial charge is 0.0181 e. The molecule has 0 spiro atoms. The number of rotatable bonds is 1. The topological polar surface area (TPSA) is 0 Å². The van der Waals surface area contributed by atoms with Gasteiger partial charge in [-0.05, 0) is 83.4 Å². The van der Waals surface area contributed by atoms with E-state index in [-0.39, 0.29) is 0 Å². The summed E-state index contributed by atoms with van der Waals surface area (Å²) >= 11 is 0. The fraction of sp³-hybridized carbons (Fsp3) is 1.00. The molecule has 120 valence electrons. The molecule has 0 aromatic carbocycles. The van der Waals surface area contributed by atoms with Crippen LogP contribution in [0.5, 0.6) is 0 Å². The van der Waals surface area contributed by atoms with Crippen molar-refractivity contribution >= 4 is 0 Å². The van der Waals surface area contributed by atoms with Gasteiger partial charge in [0.2, 0.25) is 0 Å². The fourth-order valence-corrected chi connectivity index (χ4v) is 8.61. The summed E-state index contributed by atoms with van der Waals surface area (Å²) in [7, 11) is 0. The van der Waals surface area contributed by atoms with Crippen molar-refractivity contribution in [2.45, 2.75) is 87.0 Å². The summed E-state index contributed by atoms with van der Waals surface area (Å²) < 4.78 is 0. The van der Waals surface area contributed by atoms with Gasteiger partial charge in [0.15, 0.2) is 0 Å². The molecule has 0 aromatic rings. The van der Waals surface area contributed by atoms with Gasteiger partial charge < -0.3 is 0 Å². The maximum Gasteiger partial charge on any atom is -0.0181 e. The van der Waals surface area contributed by atoms with Crippen LogP contribution in [0.2, 0.25) is 0 Å². The second-order valence-electron chi connectivity index (χ2n) is 10.9. The fourth-order valence-electron chi connectivity index (χ4n) is 8.61. The lowest BCUT2D eigenvalue weighted by Gasteiger charge is -2.71. The highest BCUT2D eigenvalue weighted by molar-refractivity contribution is 5.26. The largest absolute Gasteiger partial charge is 0.0622 e. The van der Waals surface area contributed by atoms with Gasteiger partial charge in [0, 0.05) is 0 Å². The maximum atomic E-state index is 2.73. The summed E-state index contributed by atoms with van der Waals surface area (Å²) in [6, 6.07) is 0. The van der Waals surface area contributed by atoms with E-state index in [1.54, 1.807) is 6.42 Å². The van der Waals surface area contributed by atoms with Crippen LogP contribution in [0.15, 0.2) is 0 Å². The molecule has 4 rings (SSSR count). The number of hydrogen-bond acceptors (Lipinski definition) is 0. The van der Waals surface area contributed by atoms with Gasteiger partial charge in [-0.3, -0.25) is 0 Å². The molecule has 0 heteroatoms. The zero-order valence-corrected chi connectivity index (χ0v) is 15.5. The van der Waals surface area contributed by atoms with E-state index in [9.17, 15) is 0 Å². The van der Waals surface area contributed by atoms with Gasteiger partial charge in [0.1, 0.15) is 0 Å². The quantitative estimate of drug-likeness (QED) is 0.531. The molecule has 0 heterocycles. The molecule has 4 fully saturated rings. The second kappa shape index (κ2) is 3.57. The summed E-state index contributed by atoms with van der Waals surface area (Å²) in [5.41, 5.74) is 2.88. The Balaban J connectivity index is 1.82. The molecule has 4 aliphatic carbocycles. The molecule has 7 unspecified atom stereocenters. The van der Waals surface area contributed by atoms with E-state index in [0.29, 0.717) is 27.1 Å². The van der Waals surface area contributed by atoms with Crippen molar-refractivity contribution in [3.63, 3.8) is 0 Å². The lowest BCUT2D eigenvalue weighted by Crippen LogP contribution is -2.64. The highest BCUT2D eigenvalue weighted by atomic mass is 14.8. The molecule has 0 saturated heterocycles. The van der Waals surface area contributed by atoms with Gasteiger partial charge in [-0.1, -0.05) is 48.5 Å². The maximum absolute atomic E-state index is 2.73. The molecule has 4 aliphatic rings. The van der Waals surface area contributed by atoms with Gasteiger partial charge in [-0.25, -0.2) is 0 Å². The Labute approximate surface area is 132 Å². The van der Waals surface area contributed by atoms with Crippen LogP contribution < -0.4 is 0 Å². The van der Waals surface area contributed by atoms with Crippen molar-refractivity contribution < 1.29 is 0 Å². The van der Waals surface area contributed by atoms with Crippen molar-refractivity contribution in [1.82, 2.24) is 0 Å². The third-order valence-corrected chi connectivity index (χ3v) is 10.9. The van der Waals surface area contributed by atoms with Crippen LogP contribution in [-0.2, 0) is 0 Å². The van der Waals surface area contributed by atoms with Crippen molar-refractivity contribution in [2.75, 3.05) is 0 Å². The minimum Gasteiger partial charge on any atom is -0.0622 e. The lowest BCUT2D eigenvalue weighted by molar-refractivity contribution is -0.228. The Kier molecular flexibility index (Phi) is 2.48. The molecule has 0 amide bonds. The van der Waals surface area contributed by atoms with Crippen molar-refractivity contribution in [2.24, 2.45) is 44.8 Å². The predicted molar refractivity (Wildman–Crippen MR) is 90.1 cm³/mol.